The Morgan fingerprint density at radius 3 is 2.25 bits per heavy atom. The summed E-state index contributed by atoms with van der Waals surface area (Å²) < 4.78 is 79.4. The van der Waals surface area contributed by atoms with Crippen LogP contribution in [0.5, 0.6) is 11.5 Å². The molecule has 0 aliphatic carbocycles. The molecule has 3 aromatic carbocycles. The van der Waals surface area contributed by atoms with Gasteiger partial charge in [0.15, 0.2) is 11.5 Å². The number of alkyl halides is 3. The lowest BCUT2D eigenvalue weighted by atomic mass is 10.1. The van der Waals surface area contributed by atoms with Crippen molar-refractivity contribution in [2.75, 3.05) is 19.5 Å². The maximum atomic E-state index is 13.5. The Hall–Kier alpha value is -3.28. The van der Waals surface area contributed by atoms with Gasteiger partial charge in [-0.15, -0.1) is 0 Å². The number of methoxy groups -OCH3 is 2. The fourth-order valence-corrected chi connectivity index (χ4v) is 4.74. The molecule has 0 saturated carbocycles. The number of amides is 1. The summed E-state index contributed by atoms with van der Waals surface area (Å²) >= 11 is 5.71. The van der Waals surface area contributed by atoms with Crippen molar-refractivity contribution in [3.63, 3.8) is 0 Å². The molecule has 0 aromatic heterocycles. The third-order valence-electron chi connectivity index (χ3n) is 5.11. The minimum atomic E-state index is -4.80. The predicted octanol–water partition coefficient (Wildman–Crippen LogP) is 4.90. The number of hydrogen-bond donors (Lipinski definition) is 2. The summed E-state index contributed by atoms with van der Waals surface area (Å²) in [6.07, 6.45) is -4.93. The van der Waals surface area contributed by atoms with Crippen molar-refractivity contribution in [1.29, 1.82) is 0 Å². The van der Waals surface area contributed by atoms with Crippen LogP contribution in [-0.2, 0) is 27.4 Å². The molecule has 0 aliphatic rings. The molecular weight excluding hydrogens is 521 g/mol. The van der Waals surface area contributed by atoms with Gasteiger partial charge < -0.3 is 14.8 Å². The number of rotatable bonds is 9. The van der Waals surface area contributed by atoms with E-state index in [1.807, 2.05) is 0 Å². The maximum Gasteiger partial charge on any atom is 0.418 e. The number of nitrogens with one attached hydrogen (secondary N) is 2. The van der Waals surface area contributed by atoms with E-state index in [2.05, 4.69) is 10.0 Å². The average Bonchev–Trinajstić information content (AvgIpc) is 2.84. The Balaban J connectivity index is 1.96. The largest absolute Gasteiger partial charge is 0.493 e. The van der Waals surface area contributed by atoms with E-state index in [1.54, 1.807) is 30.3 Å². The molecule has 0 bridgehead atoms. The first-order valence-electron chi connectivity index (χ1n) is 10.4. The van der Waals surface area contributed by atoms with E-state index in [1.165, 1.54) is 38.5 Å². The summed E-state index contributed by atoms with van der Waals surface area (Å²) in [4.78, 5) is 12.9. The second kappa shape index (κ2) is 11.2. The molecule has 0 unspecified atom stereocenters. The molecule has 0 heterocycles. The van der Waals surface area contributed by atoms with Gasteiger partial charge in [-0.2, -0.15) is 17.9 Å². The van der Waals surface area contributed by atoms with E-state index in [9.17, 15) is 26.4 Å². The van der Waals surface area contributed by atoms with E-state index in [0.29, 0.717) is 11.6 Å². The summed E-state index contributed by atoms with van der Waals surface area (Å²) in [7, 11) is -1.59. The summed E-state index contributed by atoms with van der Waals surface area (Å²) in [5.74, 6) is -0.561. The number of ether oxygens (including phenoxy) is 2. The van der Waals surface area contributed by atoms with E-state index >= 15 is 0 Å². The highest BCUT2D eigenvalue weighted by Gasteiger charge is 2.35. The standard InChI is InChI=1S/C24H22ClF3N2O5S/c1-34-21-11-9-17(14-22(21)35-2)36(32,33)30-20(12-15-6-4-3-5-7-15)23(31)29-19-10-8-16(25)13-18(19)24(26,27)28/h3-11,13-14,20,30H,12H2,1-2H3,(H,29,31)/t20-/m1/s1. The van der Waals surface area contributed by atoms with Gasteiger partial charge in [0.1, 0.15) is 6.04 Å². The van der Waals surface area contributed by atoms with Gasteiger partial charge in [-0.1, -0.05) is 41.9 Å². The van der Waals surface area contributed by atoms with Gasteiger partial charge in [0, 0.05) is 11.1 Å². The molecule has 0 radical (unpaired) electrons. The van der Waals surface area contributed by atoms with Crippen molar-refractivity contribution in [3.05, 3.63) is 82.9 Å². The van der Waals surface area contributed by atoms with Crippen LogP contribution in [-0.4, -0.2) is 34.6 Å². The van der Waals surface area contributed by atoms with Crippen LogP contribution in [0.1, 0.15) is 11.1 Å². The topological polar surface area (TPSA) is 93.7 Å². The molecule has 7 nitrogen and oxygen atoms in total. The minimum absolute atomic E-state index is 0.131. The number of benzene rings is 3. The molecule has 0 fully saturated rings. The Labute approximate surface area is 211 Å². The average molecular weight is 543 g/mol. The zero-order valence-electron chi connectivity index (χ0n) is 19.1. The zero-order chi connectivity index (χ0) is 26.5. The molecule has 3 rings (SSSR count). The first-order chi connectivity index (χ1) is 16.9. The van der Waals surface area contributed by atoms with Crippen LogP contribution in [0, 0.1) is 0 Å². The van der Waals surface area contributed by atoms with Crippen LogP contribution in [0.3, 0.4) is 0 Å². The number of carbonyl (C=O) groups is 1. The normalized spacial score (nSPS) is 12.6. The molecule has 3 aromatic rings. The molecule has 0 saturated heterocycles. The van der Waals surface area contributed by atoms with Crippen molar-refractivity contribution < 1.29 is 35.9 Å². The lowest BCUT2D eigenvalue weighted by Crippen LogP contribution is -2.45. The number of carbonyl (C=O) groups excluding carboxylic acids is 1. The van der Waals surface area contributed by atoms with Crippen LogP contribution in [0.25, 0.3) is 0 Å². The molecule has 2 N–H and O–H groups in total. The third kappa shape index (κ3) is 6.68. The molecule has 192 valence electrons. The summed E-state index contributed by atoms with van der Waals surface area (Å²) in [5, 5.41) is 2.02. The highest BCUT2D eigenvalue weighted by Crippen LogP contribution is 2.36. The summed E-state index contributed by atoms with van der Waals surface area (Å²) in [6, 6.07) is 13.7. The Morgan fingerprint density at radius 1 is 0.972 bits per heavy atom. The minimum Gasteiger partial charge on any atom is -0.493 e. The molecule has 36 heavy (non-hydrogen) atoms. The third-order valence-corrected chi connectivity index (χ3v) is 6.81. The van der Waals surface area contributed by atoms with Crippen molar-refractivity contribution in [2.24, 2.45) is 0 Å². The van der Waals surface area contributed by atoms with Crippen LogP contribution >= 0.6 is 11.6 Å². The molecule has 1 atom stereocenters. The van der Waals surface area contributed by atoms with Crippen molar-refractivity contribution in [2.45, 2.75) is 23.5 Å². The van der Waals surface area contributed by atoms with E-state index in [0.717, 1.165) is 6.07 Å². The van der Waals surface area contributed by atoms with Gasteiger partial charge in [0.05, 0.1) is 30.4 Å². The first kappa shape index (κ1) is 27.3. The van der Waals surface area contributed by atoms with Crippen molar-refractivity contribution in [1.82, 2.24) is 4.72 Å². The Kier molecular flexibility index (Phi) is 8.49. The lowest BCUT2D eigenvalue weighted by molar-refractivity contribution is -0.137. The molecule has 12 heteroatoms. The van der Waals surface area contributed by atoms with E-state index in [-0.39, 0.29) is 27.8 Å². The summed E-state index contributed by atoms with van der Waals surface area (Å²) in [6.45, 7) is 0. The number of sulfonamides is 1. The fraction of sp³-hybridized carbons (Fsp3) is 0.208. The highest BCUT2D eigenvalue weighted by atomic mass is 35.5. The highest BCUT2D eigenvalue weighted by molar-refractivity contribution is 7.89. The van der Waals surface area contributed by atoms with Gasteiger partial charge in [-0.25, -0.2) is 8.42 Å². The lowest BCUT2D eigenvalue weighted by Gasteiger charge is -2.21. The SMILES string of the molecule is COc1ccc(S(=O)(=O)N[C@H](Cc2ccccc2)C(=O)Nc2ccc(Cl)cc2C(F)(F)F)cc1OC. The number of halogens is 4. The quantitative estimate of drug-likeness (QED) is 0.401. The smallest absolute Gasteiger partial charge is 0.418 e. The molecule has 1 amide bonds. The maximum absolute atomic E-state index is 13.5. The number of hydrogen-bond acceptors (Lipinski definition) is 5. The van der Waals surface area contributed by atoms with Crippen LogP contribution in [0.15, 0.2) is 71.6 Å². The molecule has 0 spiro atoms. The zero-order valence-corrected chi connectivity index (χ0v) is 20.7. The van der Waals surface area contributed by atoms with E-state index < -0.39 is 39.4 Å². The predicted molar refractivity (Wildman–Crippen MR) is 129 cm³/mol. The second-order valence-electron chi connectivity index (χ2n) is 7.56. The van der Waals surface area contributed by atoms with Gasteiger partial charge in [0.2, 0.25) is 15.9 Å². The summed E-state index contributed by atoms with van der Waals surface area (Å²) in [5.41, 5.74) is -1.13. The van der Waals surface area contributed by atoms with Crippen LogP contribution in [0.2, 0.25) is 5.02 Å². The van der Waals surface area contributed by atoms with Gasteiger partial charge in [-0.05, 0) is 42.3 Å². The monoisotopic (exact) mass is 542 g/mol. The van der Waals surface area contributed by atoms with Gasteiger partial charge in [0.25, 0.3) is 0 Å². The Bertz CT molecular complexity index is 1340. The Morgan fingerprint density at radius 2 is 1.64 bits per heavy atom. The number of anilines is 1. The van der Waals surface area contributed by atoms with Gasteiger partial charge >= 0.3 is 6.18 Å². The van der Waals surface area contributed by atoms with Crippen LogP contribution in [0.4, 0.5) is 18.9 Å². The fourth-order valence-electron chi connectivity index (χ4n) is 3.36. The van der Waals surface area contributed by atoms with Crippen molar-refractivity contribution in [3.8, 4) is 11.5 Å². The van der Waals surface area contributed by atoms with Crippen molar-refractivity contribution >= 4 is 33.2 Å². The molecule has 0 aliphatic heterocycles. The van der Waals surface area contributed by atoms with Gasteiger partial charge in [-0.3, -0.25) is 4.79 Å². The van der Waals surface area contributed by atoms with Crippen LogP contribution < -0.4 is 19.5 Å². The van der Waals surface area contributed by atoms with E-state index in [4.69, 9.17) is 21.1 Å². The second-order valence-corrected chi connectivity index (χ2v) is 9.71. The first-order valence-corrected chi connectivity index (χ1v) is 12.3. The molecular formula is C24H22ClF3N2O5S.